The molecule has 1 heterocycles. The number of hydrogen-bond donors (Lipinski definition) is 1. The molecule has 5 nitrogen and oxygen atoms in total. The van der Waals surface area contributed by atoms with Crippen LogP contribution in [0.5, 0.6) is 0 Å². The molecule has 1 saturated heterocycles. The van der Waals surface area contributed by atoms with E-state index in [0.717, 1.165) is 31.4 Å². The van der Waals surface area contributed by atoms with E-state index in [1.807, 2.05) is 44.3 Å². The van der Waals surface area contributed by atoms with Gasteiger partial charge in [0.1, 0.15) is 0 Å². The standard InChI is InChI=1S/C16H27N3O2S/c1-15(18(2)16-10-6-5-7-11-16)14-17-22(20,21)19-12-8-3-4-9-13-19/h5-7,10-11,15,17H,3-4,8-9,12-14H2,1-2H3/t15-/m0/s1. The molecule has 0 unspecified atom stereocenters. The minimum absolute atomic E-state index is 0.0872. The van der Waals surface area contributed by atoms with E-state index in [1.54, 1.807) is 4.31 Å². The molecule has 1 aromatic carbocycles. The third-order valence-corrected chi connectivity index (χ3v) is 5.87. The fourth-order valence-electron chi connectivity index (χ4n) is 2.65. The molecule has 1 aliphatic heterocycles. The van der Waals surface area contributed by atoms with Crippen molar-refractivity contribution in [3.05, 3.63) is 30.3 Å². The SMILES string of the molecule is C[C@@H](CNS(=O)(=O)N1CCCCCC1)N(C)c1ccccc1. The Morgan fingerprint density at radius 1 is 1.14 bits per heavy atom. The molecule has 1 atom stereocenters. The molecule has 0 bridgehead atoms. The lowest BCUT2D eigenvalue weighted by molar-refractivity contribution is 0.413. The zero-order valence-electron chi connectivity index (χ0n) is 13.5. The van der Waals surface area contributed by atoms with Crippen molar-refractivity contribution in [3.63, 3.8) is 0 Å². The molecule has 0 saturated carbocycles. The number of anilines is 1. The Morgan fingerprint density at radius 2 is 1.73 bits per heavy atom. The van der Waals surface area contributed by atoms with Crippen LogP contribution in [0.4, 0.5) is 5.69 Å². The van der Waals surface area contributed by atoms with Crippen LogP contribution in [0.15, 0.2) is 30.3 Å². The number of nitrogens with zero attached hydrogens (tertiary/aromatic N) is 2. The molecule has 1 aliphatic rings. The first kappa shape index (κ1) is 17.2. The van der Waals surface area contributed by atoms with Gasteiger partial charge in [-0.25, -0.2) is 4.72 Å². The molecule has 1 fully saturated rings. The van der Waals surface area contributed by atoms with Crippen LogP contribution in [0.1, 0.15) is 32.6 Å². The van der Waals surface area contributed by atoms with Crippen LogP contribution >= 0.6 is 0 Å². The maximum atomic E-state index is 12.4. The number of likely N-dealkylation sites (N-methyl/N-ethyl adjacent to an activating group) is 1. The highest BCUT2D eigenvalue weighted by molar-refractivity contribution is 7.87. The molecular weight excluding hydrogens is 298 g/mol. The van der Waals surface area contributed by atoms with Crippen LogP contribution in [0.3, 0.4) is 0 Å². The summed E-state index contributed by atoms with van der Waals surface area (Å²) < 4.78 is 29.2. The van der Waals surface area contributed by atoms with E-state index in [1.165, 1.54) is 0 Å². The number of nitrogens with one attached hydrogen (secondary N) is 1. The first-order chi connectivity index (χ1) is 10.5. The van der Waals surface area contributed by atoms with Crippen LogP contribution in [0.2, 0.25) is 0 Å². The predicted octanol–water partition coefficient (Wildman–Crippen LogP) is 2.22. The molecule has 22 heavy (non-hydrogen) atoms. The van der Waals surface area contributed by atoms with Crippen molar-refractivity contribution >= 4 is 15.9 Å². The zero-order valence-corrected chi connectivity index (χ0v) is 14.3. The zero-order chi connectivity index (χ0) is 16.0. The lowest BCUT2D eigenvalue weighted by atomic mass is 10.2. The van der Waals surface area contributed by atoms with Gasteiger partial charge in [-0.3, -0.25) is 0 Å². The monoisotopic (exact) mass is 325 g/mol. The Labute approximate surface area is 134 Å². The lowest BCUT2D eigenvalue weighted by Crippen LogP contribution is -2.46. The van der Waals surface area contributed by atoms with Gasteiger partial charge in [-0.2, -0.15) is 12.7 Å². The van der Waals surface area contributed by atoms with Crippen molar-refractivity contribution in [1.82, 2.24) is 9.03 Å². The summed E-state index contributed by atoms with van der Waals surface area (Å²) in [5, 5.41) is 0. The van der Waals surface area contributed by atoms with E-state index in [4.69, 9.17) is 0 Å². The van der Waals surface area contributed by atoms with Gasteiger partial charge < -0.3 is 4.90 Å². The van der Waals surface area contributed by atoms with E-state index >= 15 is 0 Å². The maximum absolute atomic E-state index is 12.4. The molecule has 0 radical (unpaired) electrons. The van der Waals surface area contributed by atoms with Gasteiger partial charge in [-0.05, 0) is 31.9 Å². The summed E-state index contributed by atoms with van der Waals surface area (Å²) in [5.74, 6) is 0. The molecule has 0 aliphatic carbocycles. The molecule has 0 amide bonds. The fourth-order valence-corrected chi connectivity index (χ4v) is 4.03. The highest BCUT2D eigenvalue weighted by Crippen LogP contribution is 2.15. The van der Waals surface area contributed by atoms with Crippen molar-refractivity contribution in [1.29, 1.82) is 0 Å². The van der Waals surface area contributed by atoms with Crippen LogP contribution in [0, 0.1) is 0 Å². The second-order valence-electron chi connectivity index (χ2n) is 5.96. The van der Waals surface area contributed by atoms with E-state index < -0.39 is 10.2 Å². The summed E-state index contributed by atoms with van der Waals surface area (Å²) in [4.78, 5) is 2.09. The molecule has 124 valence electrons. The molecule has 0 spiro atoms. The second-order valence-corrected chi connectivity index (χ2v) is 7.72. The molecule has 1 aromatic rings. The summed E-state index contributed by atoms with van der Waals surface area (Å²) in [5.41, 5.74) is 1.09. The van der Waals surface area contributed by atoms with Crippen LogP contribution in [0.25, 0.3) is 0 Å². The molecule has 0 aromatic heterocycles. The summed E-state index contributed by atoms with van der Waals surface area (Å²) in [6.07, 6.45) is 4.17. The Bertz CT molecular complexity index is 540. The normalized spacial score (nSPS) is 18.6. The first-order valence-corrected chi connectivity index (χ1v) is 9.47. The quantitative estimate of drug-likeness (QED) is 0.872. The topological polar surface area (TPSA) is 52.7 Å². The maximum Gasteiger partial charge on any atom is 0.279 e. The van der Waals surface area contributed by atoms with Gasteiger partial charge in [0.15, 0.2) is 0 Å². The van der Waals surface area contributed by atoms with Gasteiger partial charge in [0, 0.05) is 38.4 Å². The Kier molecular flexibility index (Phi) is 6.23. The average molecular weight is 325 g/mol. The van der Waals surface area contributed by atoms with Crippen molar-refractivity contribution in [2.24, 2.45) is 0 Å². The Morgan fingerprint density at radius 3 is 2.32 bits per heavy atom. The van der Waals surface area contributed by atoms with Crippen LogP contribution < -0.4 is 9.62 Å². The van der Waals surface area contributed by atoms with Crippen molar-refractivity contribution in [2.45, 2.75) is 38.6 Å². The minimum atomic E-state index is -3.36. The molecular formula is C16H27N3O2S. The van der Waals surface area contributed by atoms with E-state index in [-0.39, 0.29) is 6.04 Å². The third kappa shape index (κ3) is 4.69. The highest BCUT2D eigenvalue weighted by Gasteiger charge is 2.23. The number of para-hydroxylation sites is 1. The van der Waals surface area contributed by atoms with E-state index in [2.05, 4.69) is 9.62 Å². The summed E-state index contributed by atoms with van der Waals surface area (Å²) in [7, 11) is -1.37. The summed E-state index contributed by atoms with van der Waals surface area (Å²) >= 11 is 0. The minimum Gasteiger partial charge on any atom is -0.371 e. The highest BCUT2D eigenvalue weighted by atomic mass is 32.2. The Balaban J connectivity index is 1.90. The third-order valence-electron chi connectivity index (χ3n) is 4.29. The predicted molar refractivity (Wildman–Crippen MR) is 91.3 cm³/mol. The van der Waals surface area contributed by atoms with Crippen molar-refractivity contribution < 1.29 is 8.42 Å². The number of hydrogen-bond acceptors (Lipinski definition) is 3. The fraction of sp³-hybridized carbons (Fsp3) is 0.625. The number of benzene rings is 1. The Hall–Kier alpha value is -1.11. The van der Waals surface area contributed by atoms with Crippen molar-refractivity contribution in [2.75, 3.05) is 31.6 Å². The summed E-state index contributed by atoms with van der Waals surface area (Å²) in [6.45, 7) is 3.71. The van der Waals surface area contributed by atoms with Gasteiger partial charge in [0.05, 0.1) is 0 Å². The first-order valence-electron chi connectivity index (χ1n) is 8.03. The van der Waals surface area contributed by atoms with Crippen molar-refractivity contribution in [3.8, 4) is 0 Å². The molecule has 1 N–H and O–H groups in total. The number of rotatable bonds is 6. The van der Waals surface area contributed by atoms with Crippen LogP contribution in [-0.4, -0.2) is 45.4 Å². The van der Waals surface area contributed by atoms with Gasteiger partial charge in [-0.1, -0.05) is 31.0 Å². The lowest BCUT2D eigenvalue weighted by Gasteiger charge is -2.28. The van der Waals surface area contributed by atoms with Gasteiger partial charge in [0.25, 0.3) is 10.2 Å². The molecule has 2 rings (SSSR count). The van der Waals surface area contributed by atoms with Crippen LogP contribution in [-0.2, 0) is 10.2 Å². The van der Waals surface area contributed by atoms with Gasteiger partial charge >= 0.3 is 0 Å². The second kappa shape index (κ2) is 7.94. The average Bonchev–Trinajstić information content (AvgIpc) is 2.82. The van der Waals surface area contributed by atoms with Gasteiger partial charge in [0.2, 0.25) is 0 Å². The van der Waals surface area contributed by atoms with Gasteiger partial charge in [-0.15, -0.1) is 0 Å². The smallest absolute Gasteiger partial charge is 0.279 e. The largest absolute Gasteiger partial charge is 0.371 e. The summed E-state index contributed by atoms with van der Waals surface area (Å²) in [6, 6.07) is 10.1. The molecule has 6 heteroatoms. The van der Waals surface area contributed by atoms with E-state index in [0.29, 0.717) is 19.6 Å². The van der Waals surface area contributed by atoms with E-state index in [9.17, 15) is 8.42 Å².